The summed E-state index contributed by atoms with van der Waals surface area (Å²) < 4.78 is 0. The number of nitrogens with one attached hydrogen (secondary N) is 1. The van der Waals surface area contributed by atoms with Crippen molar-refractivity contribution in [2.24, 2.45) is 0 Å². The molecule has 5 nitrogen and oxygen atoms in total. The van der Waals surface area contributed by atoms with E-state index in [4.69, 9.17) is 5.26 Å². The van der Waals surface area contributed by atoms with Crippen LogP contribution in [0.4, 0.5) is 0 Å². The first-order valence-corrected chi connectivity index (χ1v) is 5.29. The van der Waals surface area contributed by atoms with Gasteiger partial charge in [-0.05, 0) is 13.1 Å². The predicted molar refractivity (Wildman–Crippen MR) is 57.2 cm³/mol. The highest BCUT2D eigenvalue weighted by Gasteiger charge is 2.04. The van der Waals surface area contributed by atoms with Crippen LogP contribution in [0.2, 0.25) is 0 Å². The van der Waals surface area contributed by atoms with E-state index in [2.05, 4.69) is 33.9 Å². The van der Waals surface area contributed by atoms with E-state index in [1.807, 2.05) is 6.07 Å². The second-order valence-electron chi connectivity index (χ2n) is 3.31. The maximum atomic E-state index is 8.47. The summed E-state index contributed by atoms with van der Waals surface area (Å²) in [6.45, 7) is 7.37. The number of rotatable bonds is 6. The Kier molecular flexibility index (Phi) is 4.78. The monoisotopic (exact) mass is 207 g/mol. The third kappa shape index (κ3) is 3.68. The van der Waals surface area contributed by atoms with Crippen LogP contribution in [0.1, 0.15) is 25.5 Å². The van der Waals surface area contributed by atoms with Crippen LogP contribution < -0.4 is 0 Å². The number of aromatic amines is 1. The molecule has 5 heteroatoms. The lowest BCUT2D eigenvalue weighted by Crippen LogP contribution is -2.25. The van der Waals surface area contributed by atoms with E-state index in [1.54, 1.807) is 0 Å². The van der Waals surface area contributed by atoms with Gasteiger partial charge >= 0.3 is 0 Å². The molecule has 1 aromatic rings. The van der Waals surface area contributed by atoms with Crippen LogP contribution in [-0.2, 0) is 12.8 Å². The molecule has 1 heterocycles. The van der Waals surface area contributed by atoms with Gasteiger partial charge in [-0.1, -0.05) is 13.8 Å². The fourth-order valence-corrected chi connectivity index (χ4v) is 1.40. The summed E-state index contributed by atoms with van der Waals surface area (Å²) in [7, 11) is 0. The van der Waals surface area contributed by atoms with E-state index in [-0.39, 0.29) is 6.42 Å². The highest BCUT2D eigenvalue weighted by Crippen LogP contribution is 1.97. The van der Waals surface area contributed by atoms with Gasteiger partial charge in [-0.2, -0.15) is 10.4 Å². The number of nitriles is 1. The maximum absolute atomic E-state index is 8.47. The normalized spacial score (nSPS) is 10.5. The number of aromatic nitrogens is 3. The number of likely N-dealkylation sites (N-methyl/N-ethyl adjacent to an activating group) is 1. The summed E-state index contributed by atoms with van der Waals surface area (Å²) in [5.41, 5.74) is 0. The van der Waals surface area contributed by atoms with Crippen molar-refractivity contribution in [2.75, 3.05) is 19.6 Å². The minimum Gasteiger partial charge on any atom is -0.303 e. The van der Waals surface area contributed by atoms with Crippen molar-refractivity contribution in [1.82, 2.24) is 20.1 Å². The molecule has 0 aliphatic rings. The lowest BCUT2D eigenvalue weighted by atomic mass is 10.3. The number of hydrogen-bond acceptors (Lipinski definition) is 4. The molecular weight excluding hydrogens is 190 g/mol. The number of H-pyrrole nitrogens is 1. The van der Waals surface area contributed by atoms with Gasteiger partial charge in [0.1, 0.15) is 5.82 Å². The van der Waals surface area contributed by atoms with Gasteiger partial charge in [-0.15, -0.1) is 0 Å². The van der Waals surface area contributed by atoms with Gasteiger partial charge in [0.05, 0.1) is 12.5 Å². The van der Waals surface area contributed by atoms with E-state index in [0.29, 0.717) is 5.82 Å². The van der Waals surface area contributed by atoms with Crippen LogP contribution >= 0.6 is 0 Å². The molecule has 0 aliphatic heterocycles. The molecule has 0 bridgehead atoms. The van der Waals surface area contributed by atoms with Crippen LogP contribution in [-0.4, -0.2) is 39.7 Å². The highest BCUT2D eigenvalue weighted by molar-refractivity contribution is 4.97. The molecule has 0 fully saturated rings. The first-order valence-electron chi connectivity index (χ1n) is 5.29. The van der Waals surface area contributed by atoms with Crippen molar-refractivity contribution in [3.63, 3.8) is 0 Å². The van der Waals surface area contributed by atoms with E-state index in [1.165, 1.54) is 0 Å². The Labute approximate surface area is 90.1 Å². The lowest BCUT2D eigenvalue weighted by molar-refractivity contribution is 0.306. The summed E-state index contributed by atoms with van der Waals surface area (Å²) in [6, 6.07) is 2.03. The average Bonchev–Trinajstić information content (AvgIpc) is 2.68. The SMILES string of the molecule is CCN(CC)CCc1nc(CC#N)n[nH]1. The molecular formula is C10H17N5. The largest absolute Gasteiger partial charge is 0.303 e. The van der Waals surface area contributed by atoms with E-state index < -0.39 is 0 Å². The fraction of sp³-hybridized carbons (Fsp3) is 0.700. The topological polar surface area (TPSA) is 68.6 Å². The summed E-state index contributed by atoms with van der Waals surface area (Å²) in [4.78, 5) is 6.55. The molecule has 0 amide bonds. The van der Waals surface area contributed by atoms with E-state index in [9.17, 15) is 0 Å². The van der Waals surface area contributed by atoms with E-state index in [0.717, 1.165) is 31.9 Å². The maximum Gasteiger partial charge on any atom is 0.164 e. The molecule has 15 heavy (non-hydrogen) atoms. The van der Waals surface area contributed by atoms with Crippen molar-refractivity contribution in [2.45, 2.75) is 26.7 Å². The lowest BCUT2D eigenvalue weighted by Gasteiger charge is -2.16. The molecule has 0 atom stereocenters. The van der Waals surface area contributed by atoms with Crippen molar-refractivity contribution in [3.8, 4) is 6.07 Å². The Morgan fingerprint density at radius 2 is 2.13 bits per heavy atom. The van der Waals surface area contributed by atoms with Crippen LogP contribution in [0.15, 0.2) is 0 Å². The zero-order valence-corrected chi connectivity index (χ0v) is 9.32. The predicted octanol–water partition coefficient (Wildman–Crippen LogP) is 0.755. The quantitative estimate of drug-likeness (QED) is 0.747. The molecule has 1 rings (SSSR count). The first kappa shape index (κ1) is 11.7. The van der Waals surface area contributed by atoms with Crippen molar-refractivity contribution in [1.29, 1.82) is 5.26 Å². The smallest absolute Gasteiger partial charge is 0.164 e. The molecule has 82 valence electrons. The van der Waals surface area contributed by atoms with Crippen LogP contribution in [0.3, 0.4) is 0 Å². The summed E-state index contributed by atoms with van der Waals surface area (Å²) in [5, 5.41) is 15.3. The van der Waals surface area contributed by atoms with Gasteiger partial charge in [0, 0.05) is 13.0 Å². The summed E-state index contributed by atoms with van der Waals surface area (Å²) in [5.74, 6) is 1.46. The second kappa shape index (κ2) is 6.14. The molecule has 0 aliphatic carbocycles. The van der Waals surface area contributed by atoms with Crippen molar-refractivity contribution in [3.05, 3.63) is 11.6 Å². The summed E-state index contributed by atoms with van der Waals surface area (Å²) in [6.07, 6.45) is 1.14. The Bertz CT molecular complexity index is 321. The number of nitrogens with zero attached hydrogens (tertiary/aromatic N) is 4. The average molecular weight is 207 g/mol. The standard InChI is InChI=1S/C10H17N5/c1-3-15(4-2)8-6-10-12-9(5-7-11)13-14-10/h3-6,8H2,1-2H3,(H,12,13,14). The molecule has 0 radical (unpaired) electrons. The van der Waals surface area contributed by atoms with Gasteiger partial charge in [-0.25, -0.2) is 4.98 Å². The van der Waals surface area contributed by atoms with Crippen LogP contribution in [0.5, 0.6) is 0 Å². The van der Waals surface area contributed by atoms with Gasteiger partial charge < -0.3 is 4.90 Å². The van der Waals surface area contributed by atoms with Gasteiger partial charge in [0.2, 0.25) is 0 Å². The minimum atomic E-state index is 0.280. The minimum absolute atomic E-state index is 0.280. The Morgan fingerprint density at radius 1 is 1.40 bits per heavy atom. The molecule has 0 aromatic carbocycles. The summed E-state index contributed by atoms with van der Waals surface area (Å²) >= 11 is 0. The molecule has 0 spiro atoms. The van der Waals surface area contributed by atoms with E-state index >= 15 is 0 Å². The van der Waals surface area contributed by atoms with Gasteiger partial charge in [-0.3, -0.25) is 5.10 Å². The Balaban J connectivity index is 2.40. The first-order chi connectivity index (χ1) is 7.30. The Morgan fingerprint density at radius 3 is 2.73 bits per heavy atom. The number of hydrogen-bond donors (Lipinski definition) is 1. The zero-order valence-electron chi connectivity index (χ0n) is 9.32. The third-order valence-corrected chi connectivity index (χ3v) is 2.37. The van der Waals surface area contributed by atoms with Crippen LogP contribution in [0.25, 0.3) is 0 Å². The van der Waals surface area contributed by atoms with Gasteiger partial charge in [0.15, 0.2) is 5.82 Å². The third-order valence-electron chi connectivity index (χ3n) is 2.37. The molecule has 0 unspecified atom stereocenters. The highest BCUT2D eigenvalue weighted by atomic mass is 15.2. The fourth-order valence-electron chi connectivity index (χ4n) is 1.40. The molecule has 1 aromatic heterocycles. The zero-order chi connectivity index (χ0) is 11.1. The van der Waals surface area contributed by atoms with Crippen LogP contribution in [0, 0.1) is 11.3 Å². The molecule has 0 saturated heterocycles. The molecule has 1 N–H and O–H groups in total. The molecule has 0 saturated carbocycles. The van der Waals surface area contributed by atoms with Gasteiger partial charge in [0.25, 0.3) is 0 Å². The van der Waals surface area contributed by atoms with Crippen molar-refractivity contribution < 1.29 is 0 Å². The second-order valence-corrected chi connectivity index (χ2v) is 3.31. The van der Waals surface area contributed by atoms with Crippen molar-refractivity contribution >= 4 is 0 Å². The Hall–Kier alpha value is -1.41.